The third-order valence-corrected chi connectivity index (χ3v) is 4.92. The van der Waals surface area contributed by atoms with Gasteiger partial charge in [-0.15, -0.1) is 0 Å². The van der Waals surface area contributed by atoms with Gasteiger partial charge in [0.15, 0.2) is 5.78 Å². The van der Waals surface area contributed by atoms with Crippen molar-refractivity contribution in [2.24, 2.45) is 0 Å². The molecule has 0 atom stereocenters. The molecule has 1 heterocycles. The highest BCUT2D eigenvalue weighted by molar-refractivity contribution is 7.92. The van der Waals surface area contributed by atoms with Gasteiger partial charge in [0.1, 0.15) is 0 Å². The fourth-order valence-corrected chi connectivity index (χ4v) is 3.28. The van der Waals surface area contributed by atoms with Crippen LogP contribution in [0.2, 0.25) is 0 Å². The van der Waals surface area contributed by atoms with E-state index in [-0.39, 0.29) is 10.7 Å². The maximum atomic E-state index is 12.4. The second-order valence-corrected chi connectivity index (χ2v) is 6.92. The molecule has 1 aromatic heterocycles. The van der Waals surface area contributed by atoms with Gasteiger partial charge in [-0.1, -0.05) is 24.3 Å². The van der Waals surface area contributed by atoms with Crippen molar-refractivity contribution in [2.45, 2.75) is 11.8 Å². The molecule has 24 heavy (non-hydrogen) atoms. The first kappa shape index (κ1) is 15.9. The quantitative estimate of drug-likeness (QED) is 0.698. The Hall–Kier alpha value is -2.93. The first-order valence-electron chi connectivity index (χ1n) is 7.19. The number of H-pyrrole nitrogens is 1. The molecule has 0 aliphatic heterocycles. The Morgan fingerprint density at radius 3 is 2.21 bits per heavy atom. The minimum Gasteiger partial charge on any atom is -0.295 e. The van der Waals surface area contributed by atoms with Crippen LogP contribution in [-0.2, 0) is 10.0 Å². The number of carbonyl (C=O) groups is 1. The minimum absolute atomic E-state index is 0.102. The van der Waals surface area contributed by atoms with Crippen molar-refractivity contribution in [1.29, 1.82) is 0 Å². The van der Waals surface area contributed by atoms with Crippen molar-refractivity contribution < 1.29 is 13.2 Å². The van der Waals surface area contributed by atoms with Gasteiger partial charge in [-0.25, -0.2) is 8.42 Å². The van der Waals surface area contributed by atoms with Crippen molar-refractivity contribution in [3.8, 4) is 11.3 Å². The van der Waals surface area contributed by atoms with Gasteiger partial charge < -0.3 is 0 Å². The van der Waals surface area contributed by atoms with E-state index in [9.17, 15) is 13.2 Å². The van der Waals surface area contributed by atoms with Gasteiger partial charge in [-0.2, -0.15) is 5.10 Å². The van der Waals surface area contributed by atoms with E-state index in [1.807, 2.05) is 6.07 Å². The predicted molar refractivity (Wildman–Crippen MR) is 91.3 cm³/mol. The topological polar surface area (TPSA) is 91.9 Å². The number of ketones is 1. The van der Waals surface area contributed by atoms with Gasteiger partial charge in [-0.05, 0) is 42.8 Å². The number of nitrogens with zero attached hydrogens (tertiary/aromatic N) is 1. The van der Waals surface area contributed by atoms with E-state index in [1.54, 1.807) is 30.5 Å². The maximum Gasteiger partial charge on any atom is 0.261 e. The minimum atomic E-state index is -3.70. The number of sulfonamides is 1. The van der Waals surface area contributed by atoms with Gasteiger partial charge >= 0.3 is 0 Å². The van der Waals surface area contributed by atoms with Crippen molar-refractivity contribution in [2.75, 3.05) is 4.72 Å². The molecule has 0 bridgehead atoms. The molecule has 122 valence electrons. The SMILES string of the molecule is CC(=O)c1ccc(S(=O)(=O)Nc2ccc(-c3ccn[nH]3)cc2)cc1. The predicted octanol–water partition coefficient (Wildman–Crippen LogP) is 3.08. The molecule has 2 N–H and O–H groups in total. The van der Waals surface area contributed by atoms with Crippen LogP contribution in [0.1, 0.15) is 17.3 Å². The van der Waals surface area contributed by atoms with Gasteiger partial charge in [0.2, 0.25) is 0 Å². The van der Waals surface area contributed by atoms with Gasteiger partial charge in [-0.3, -0.25) is 14.6 Å². The van der Waals surface area contributed by atoms with E-state index >= 15 is 0 Å². The number of aromatic amines is 1. The second kappa shape index (κ2) is 6.29. The monoisotopic (exact) mass is 341 g/mol. The van der Waals surface area contributed by atoms with Crippen LogP contribution in [-0.4, -0.2) is 24.4 Å². The summed E-state index contributed by atoms with van der Waals surface area (Å²) >= 11 is 0. The fourth-order valence-electron chi connectivity index (χ4n) is 2.22. The zero-order valence-corrected chi connectivity index (χ0v) is 13.7. The maximum absolute atomic E-state index is 12.4. The lowest BCUT2D eigenvalue weighted by Gasteiger charge is -2.09. The molecule has 0 radical (unpaired) electrons. The van der Waals surface area contributed by atoms with E-state index < -0.39 is 10.0 Å². The fraction of sp³-hybridized carbons (Fsp3) is 0.0588. The molecule has 0 saturated heterocycles. The van der Waals surface area contributed by atoms with Crippen LogP contribution >= 0.6 is 0 Å². The highest BCUT2D eigenvalue weighted by Crippen LogP contribution is 2.21. The molecule has 0 aliphatic rings. The third kappa shape index (κ3) is 3.36. The number of hydrogen-bond acceptors (Lipinski definition) is 4. The summed E-state index contributed by atoms with van der Waals surface area (Å²) in [5, 5.41) is 6.72. The lowest BCUT2D eigenvalue weighted by atomic mass is 10.1. The largest absolute Gasteiger partial charge is 0.295 e. The second-order valence-electron chi connectivity index (χ2n) is 5.23. The Kier molecular flexibility index (Phi) is 4.18. The molecule has 6 nitrogen and oxygen atoms in total. The summed E-state index contributed by atoms with van der Waals surface area (Å²) in [6.07, 6.45) is 1.65. The molecule has 0 amide bonds. The van der Waals surface area contributed by atoms with Crippen molar-refractivity contribution in [1.82, 2.24) is 10.2 Å². The summed E-state index contributed by atoms with van der Waals surface area (Å²) in [5.41, 5.74) is 2.68. The van der Waals surface area contributed by atoms with Crippen molar-refractivity contribution in [3.63, 3.8) is 0 Å². The molecule has 3 aromatic rings. The lowest BCUT2D eigenvalue weighted by molar-refractivity contribution is 0.101. The lowest BCUT2D eigenvalue weighted by Crippen LogP contribution is -2.13. The van der Waals surface area contributed by atoms with Crippen LogP contribution in [0.3, 0.4) is 0 Å². The molecule has 7 heteroatoms. The van der Waals surface area contributed by atoms with Crippen molar-refractivity contribution in [3.05, 3.63) is 66.4 Å². The van der Waals surface area contributed by atoms with Gasteiger partial charge in [0.25, 0.3) is 10.0 Å². The summed E-state index contributed by atoms with van der Waals surface area (Å²) in [4.78, 5) is 11.4. The number of rotatable bonds is 5. The third-order valence-electron chi connectivity index (χ3n) is 3.52. The first-order valence-corrected chi connectivity index (χ1v) is 8.68. The Bertz CT molecular complexity index is 945. The van der Waals surface area contributed by atoms with Crippen LogP contribution in [0.5, 0.6) is 0 Å². The zero-order chi connectivity index (χ0) is 17.2. The number of anilines is 1. The molecular formula is C17H15N3O3S. The highest BCUT2D eigenvalue weighted by Gasteiger charge is 2.14. The average molecular weight is 341 g/mol. The smallest absolute Gasteiger partial charge is 0.261 e. The summed E-state index contributed by atoms with van der Waals surface area (Å²) in [7, 11) is -3.70. The summed E-state index contributed by atoms with van der Waals surface area (Å²) in [5.74, 6) is -0.110. The summed E-state index contributed by atoms with van der Waals surface area (Å²) < 4.78 is 27.3. The van der Waals surface area contributed by atoms with Gasteiger partial charge in [0.05, 0.1) is 10.6 Å². The highest BCUT2D eigenvalue weighted by atomic mass is 32.2. The Morgan fingerprint density at radius 1 is 1.00 bits per heavy atom. The molecule has 0 aliphatic carbocycles. The van der Waals surface area contributed by atoms with Crippen LogP contribution in [0.25, 0.3) is 11.3 Å². The molecule has 3 rings (SSSR count). The molecular weight excluding hydrogens is 326 g/mol. The van der Waals surface area contributed by atoms with Crippen molar-refractivity contribution >= 4 is 21.5 Å². The number of benzene rings is 2. The summed E-state index contributed by atoms with van der Waals surface area (Å²) in [6.45, 7) is 1.43. The first-order chi connectivity index (χ1) is 11.5. The van der Waals surface area contributed by atoms with Crippen LogP contribution < -0.4 is 4.72 Å². The molecule has 0 spiro atoms. The van der Waals surface area contributed by atoms with E-state index in [2.05, 4.69) is 14.9 Å². The van der Waals surface area contributed by atoms with E-state index in [0.717, 1.165) is 11.3 Å². The molecule has 0 unspecified atom stereocenters. The number of Topliss-reactive ketones (excluding diaryl/α,β-unsaturated/α-hetero) is 1. The standard InChI is InChI=1S/C17H15N3O3S/c1-12(21)13-4-8-16(9-5-13)24(22,23)20-15-6-2-14(3-7-15)17-10-11-18-19-17/h2-11,20H,1H3,(H,18,19). The Morgan fingerprint density at radius 2 is 1.67 bits per heavy atom. The van der Waals surface area contributed by atoms with E-state index in [0.29, 0.717) is 11.3 Å². The van der Waals surface area contributed by atoms with Crippen LogP contribution in [0, 0.1) is 0 Å². The number of nitrogens with one attached hydrogen (secondary N) is 2. The number of aromatic nitrogens is 2. The molecule has 0 saturated carbocycles. The summed E-state index contributed by atoms with van der Waals surface area (Å²) in [6, 6.07) is 14.6. The average Bonchev–Trinajstić information content (AvgIpc) is 3.10. The zero-order valence-electron chi connectivity index (χ0n) is 12.9. The van der Waals surface area contributed by atoms with Crippen LogP contribution in [0.4, 0.5) is 5.69 Å². The molecule has 0 fully saturated rings. The number of hydrogen-bond donors (Lipinski definition) is 2. The van der Waals surface area contributed by atoms with Gasteiger partial charge in [0, 0.05) is 17.4 Å². The van der Waals surface area contributed by atoms with E-state index in [4.69, 9.17) is 0 Å². The Labute approximate surface area is 139 Å². The number of carbonyl (C=O) groups excluding carboxylic acids is 1. The molecule has 2 aromatic carbocycles. The van der Waals surface area contributed by atoms with Crippen LogP contribution in [0.15, 0.2) is 65.7 Å². The normalized spacial score (nSPS) is 11.2. The van der Waals surface area contributed by atoms with E-state index in [1.165, 1.54) is 31.2 Å². The Balaban J connectivity index is 1.80.